The molecule has 0 radical (unpaired) electrons. The monoisotopic (exact) mass is 445 g/mol. The van der Waals surface area contributed by atoms with Crippen LogP contribution >= 0.6 is 0 Å². The molecule has 2 aliphatic rings. The third-order valence-corrected chi connectivity index (χ3v) is 8.47. The van der Waals surface area contributed by atoms with Gasteiger partial charge in [-0.1, -0.05) is 116 Å². The van der Waals surface area contributed by atoms with E-state index in [2.05, 4.69) is 128 Å². The van der Waals surface area contributed by atoms with E-state index >= 15 is 0 Å². The molecule has 0 amide bonds. The molecule has 0 saturated heterocycles. The fourth-order valence-corrected chi connectivity index (χ4v) is 6.90. The van der Waals surface area contributed by atoms with E-state index in [-0.39, 0.29) is 12.1 Å². The Bertz CT molecular complexity index is 1820. The highest BCUT2D eigenvalue weighted by Crippen LogP contribution is 2.40. The fraction of sp³-hybridized carbons (Fsp3) is 0.0909. The van der Waals surface area contributed by atoms with Crippen LogP contribution in [0.2, 0.25) is 0 Å². The first-order chi connectivity index (χ1) is 17.1. The Balaban J connectivity index is 1.58. The van der Waals surface area contributed by atoms with Gasteiger partial charge in [-0.25, -0.2) is 0 Å². The second kappa shape index (κ2) is 6.55. The molecule has 5 aromatic carbocycles. The summed E-state index contributed by atoms with van der Waals surface area (Å²) >= 11 is 0. The first-order valence-corrected chi connectivity index (χ1v) is 12.5. The van der Waals surface area contributed by atoms with E-state index in [1.807, 2.05) is 0 Å². The molecule has 2 heteroatoms. The maximum absolute atomic E-state index is 2.55. The molecule has 0 N–H and O–H groups in total. The first-order valence-electron chi connectivity index (χ1n) is 12.5. The van der Waals surface area contributed by atoms with E-state index in [0.717, 1.165) is 0 Å². The van der Waals surface area contributed by atoms with E-state index in [0.29, 0.717) is 0 Å². The van der Waals surface area contributed by atoms with Gasteiger partial charge in [0.1, 0.15) is 0 Å². The maximum atomic E-state index is 2.55. The molecule has 0 aliphatic carbocycles. The van der Waals surface area contributed by atoms with Crippen LogP contribution in [0, 0.1) is 0 Å². The summed E-state index contributed by atoms with van der Waals surface area (Å²) in [7, 11) is 0. The molecule has 6 aromatic rings. The van der Waals surface area contributed by atoms with Crippen LogP contribution in [0.1, 0.15) is 25.0 Å². The average Bonchev–Trinajstić information content (AvgIpc) is 3.25. The van der Waals surface area contributed by atoms with Crippen LogP contribution in [0.25, 0.3) is 38.6 Å². The number of nitrogens with zero attached hydrogens (tertiary/aromatic N) is 1. The second-order valence-electron chi connectivity index (χ2n) is 10.6. The van der Waals surface area contributed by atoms with Crippen LogP contribution in [0.15, 0.2) is 109 Å². The minimum absolute atomic E-state index is 0.0423. The Hall–Kier alpha value is -4.04. The third kappa shape index (κ3) is 2.35. The standard InChI is InChI=1S/C33H24BN/c1-33(2)25-13-7-8-14-27(25)34-28-19-16-22(21-10-4-3-5-11-21)20-30(28)35-29-15-9-6-12-23(29)24-17-18-26(33)31(34)32(24)35/h3-20H,1-2H3. The zero-order valence-electron chi connectivity index (χ0n) is 19.9. The van der Waals surface area contributed by atoms with Crippen LogP contribution < -0.4 is 16.4 Å². The van der Waals surface area contributed by atoms with Gasteiger partial charge in [-0.15, -0.1) is 0 Å². The Morgan fingerprint density at radius 2 is 1.37 bits per heavy atom. The number of fused-ring (bicyclic) bond motifs is 8. The molecule has 1 nitrogen and oxygen atoms in total. The molecule has 35 heavy (non-hydrogen) atoms. The lowest BCUT2D eigenvalue weighted by molar-refractivity contribution is 0.646. The number of para-hydroxylation sites is 1. The molecule has 0 spiro atoms. The molecule has 8 rings (SSSR count). The summed E-state index contributed by atoms with van der Waals surface area (Å²) in [4.78, 5) is 0. The Morgan fingerprint density at radius 3 is 2.26 bits per heavy atom. The summed E-state index contributed by atoms with van der Waals surface area (Å²) in [5, 5.41) is 2.69. The van der Waals surface area contributed by atoms with Crippen molar-refractivity contribution in [2.24, 2.45) is 0 Å². The smallest absolute Gasteiger partial charge is 0.247 e. The van der Waals surface area contributed by atoms with Gasteiger partial charge in [0.2, 0.25) is 6.71 Å². The Labute approximate surface area is 205 Å². The number of benzene rings is 5. The van der Waals surface area contributed by atoms with Gasteiger partial charge < -0.3 is 4.57 Å². The van der Waals surface area contributed by atoms with E-state index in [1.165, 1.54) is 66.1 Å². The summed E-state index contributed by atoms with van der Waals surface area (Å²) in [5.41, 5.74) is 13.7. The Morgan fingerprint density at radius 1 is 0.600 bits per heavy atom. The molecule has 0 atom stereocenters. The van der Waals surface area contributed by atoms with Crippen molar-refractivity contribution in [3.63, 3.8) is 0 Å². The van der Waals surface area contributed by atoms with E-state index in [9.17, 15) is 0 Å². The lowest BCUT2D eigenvalue weighted by Crippen LogP contribution is -2.63. The topological polar surface area (TPSA) is 4.93 Å². The van der Waals surface area contributed by atoms with Gasteiger partial charge in [0.25, 0.3) is 0 Å². The molecule has 164 valence electrons. The molecule has 0 fully saturated rings. The van der Waals surface area contributed by atoms with Gasteiger partial charge in [-0.3, -0.25) is 0 Å². The second-order valence-corrected chi connectivity index (χ2v) is 10.6. The summed E-state index contributed by atoms with van der Waals surface area (Å²) in [6, 6.07) is 40.6. The minimum Gasteiger partial charge on any atom is -0.310 e. The van der Waals surface area contributed by atoms with Gasteiger partial charge >= 0.3 is 0 Å². The van der Waals surface area contributed by atoms with Crippen LogP contribution in [-0.2, 0) is 5.41 Å². The van der Waals surface area contributed by atoms with Crippen molar-refractivity contribution in [3.8, 4) is 16.8 Å². The first kappa shape index (κ1) is 19.3. The van der Waals surface area contributed by atoms with E-state index in [1.54, 1.807) is 0 Å². The number of aromatic nitrogens is 1. The summed E-state index contributed by atoms with van der Waals surface area (Å²) < 4.78 is 2.55. The van der Waals surface area contributed by atoms with Crippen LogP contribution in [0.4, 0.5) is 0 Å². The highest BCUT2D eigenvalue weighted by atomic mass is 15.0. The van der Waals surface area contributed by atoms with Crippen LogP contribution in [-0.4, -0.2) is 11.3 Å². The summed E-state index contributed by atoms with van der Waals surface area (Å²) in [5.74, 6) is 0. The predicted molar refractivity (Wildman–Crippen MR) is 149 cm³/mol. The minimum atomic E-state index is -0.0423. The van der Waals surface area contributed by atoms with Crippen molar-refractivity contribution in [1.29, 1.82) is 0 Å². The highest BCUT2D eigenvalue weighted by Gasteiger charge is 2.44. The molecular formula is C33H24BN. The maximum Gasteiger partial charge on any atom is 0.247 e. The van der Waals surface area contributed by atoms with Crippen molar-refractivity contribution in [2.45, 2.75) is 19.3 Å². The molecule has 0 saturated carbocycles. The third-order valence-electron chi connectivity index (χ3n) is 8.47. The zero-order chi connectivity index (χ0) is 23.3. The lowest BCUT2D eigenvalue weighted by Gasteiger charge is -2.41. The summed E-state index contributed by atoms with van der Waals surface area (Å²) in [6.07, 6.45) is 0. The van der Waals surface area contributed by atoms with Gasteiger partial charge in [0, 0.05) is 27.4 Å². The molecule has 0 bridgehead atoms. The quantitative estimate of drug-likeness (QED) is 0.277. The molecule has 1 aromatic heterocycles. The van der Waals surface area contributed by atoms with Crippen molar-refractivity contribution in [2.75, 3.05) is 0 Å². The lowest BCUT2D eigenvalue weighted by atomic mass is 9.30. The molecule has 0 unspecified atom stereocenters. The molecule has 2 aliphatic heterocycles. The van der Waals surface area contributed by atoms with Crippen molar-refractivity contribution in [3.05, 3.63) is 120 Å². The van der Waals surface area contributed by atoms with Crippen molar-refractivity contribution in [1.82, 2.24) is 4.57 Å². The SMILES string of the molecule is CC1(C)c2ccccc2B2c3ccc(-c4ccccc4)cc3-n3c4ccccc4c4ccc1c2c43. The van der Waals surface area contributed by atoms with E-state index in [4.69, 9.17) is 0 Å². The predicted octanol–water partition coefficient (Wildman–Crippen LogP) is 5.92. The zero-order valence-corrected chi connectivity index (χ0v) is 19.9. The van der Waals surface area contributed by atoms with Gasteiger partial charge in [0.05, 0.1) is 5.52 Å². The number of rotatable bonds is 1. The average molecular weight is 445 g/mol. The Kier molecular flexibility index (Phi) is 3.61. The van der Waals surface area contributed by atoms with E-state index < -0.39 is 0 Å². The van der Waals surface area contributed by atoms with Crippen molar-refractivity contribution < 1.29 is 0 Å². The normalized spacial score (nSPS) is 14.7. The number of hydrogen-bond acceptors (Lipinski definition) is 0. The van der Waals surface area contributed by atoms with Gasteiger partial charge in [-0.05, 0) is 45.3 Å². The number of hydrogen-bond donors (Lipinski definition) is 0. The fourth-order valence-electron chi connectivity index (χ4n) is 6.90. The van der Waals surface area contributed by atoms with Gasteiger partial charge in [0.15, 0.2) is 0 Å². The van der Waals surface area contributed by atoms with Gasteiger partial charge in [-0.2, -0.15) is 0 Å². The van der Waals surface area contributed by atoms with Crippen LogP contribution in [0.5, 0.6) is 0 Å². The van der Waals surface area contributed by atoms with Crippen molar-refractivity contribution >= 4 is 44.9 Å². The molecular weight excluding hydrogens is 421 g/mol. The summed E-state index contributed by atoms with van der Waals surface area (Å²) in [6.45, 7) is 5.02. The van der Waals surface area contributed by atoms with Crippen LogP contribution in [0.3, 0.4) is 0 Å². The highest BCUT2D eigenvalue weighted by molar-refractivity contribution is 6.99. The largest absolute Gasteiger partial charge is 0.310 e. The molecule has 3 heterocycles.